The Morgan fingerprint density at radius 3 is 2.44 bits per heavy atom. The number of nitrogens with one attached hydrogen (secondary N) is 1. The quantitative estimate of drug-likeness (QED) is 0.712. The Morgan fingerprint density at radius 1 is 1.31 bits per heavy atom. The van der Waals surface area contributed by atoms with Crippen molar-refractivity contribution in [1.82, 2.24) is 5.32 Å². The minimum atomic E-state index is -2.81. The monoisotopic (exact) mass is 265 g/mol. The van der Waals surface area contributed by atoms with Crippen LogP contribution in [0.2, 0.25) is 0 Å². The lowest BCUT2D eigenvalue weighted by molar-refractivity contribution is 0.540. The van der Waals surface area contributed by atoms with Gasteiger partial charge in [-0.05, 0) is 19.1 Å². The van der Waals surface area contributed by atoms with Gasteiger partial charge in [-0.3, -0.25) is 0 Å². The second-order valence-corrected chi connectivity index (χ2v) is 8.25. The first-order valence-electron chi connectivity index (χ1n) is 6.00. The van der Waals surface area contributed by atoms with E-state index in [1.165, 1.54) is 25.7 Å². The fraction of sp³-hybridized carbons (Fsp3) is 1.00. The van der Waals surface area contributed by atoms with Gasteiger partial charge in [0.15, 0.2) is 9.84 Å². The number of hydrogen-bond donors (Lipinski definition) is 1. The molecule has 16 heavy (non-hydrogen) atoms. The zero-order chi connectivity index (χ0) is 12.1. The predicted octanol–water partition coefficient (Wildman–Crippen LogP) is 1.69. The largest absolute Gasteiger partial charge is 0.314 e. The second kappa shape index (κ2) is 6.26. The van der Waals surface area contributed by atoms with E-state index in [0.717, 1.165) is 6.54 Å². The van der Waals surface area contributed by atoms with Crippen LogP contribution >= 0.6 is 11.8 Å². The molecule has 0 saturated heterocycles. The van der Waals surface area contributed by atoms with Crippen molar-refractivity contribution >= 4 is 21.6 Å². The maximum Gasteiger partial charge on any atom is 0.151 e. The molecule has 0 aliphatic heterocycles. The molecular weight excluding hydrogens is 242 g/mol. The second-order valence-electron chi connectivity index (χ2n) is 4.51. The molecule has 1 rings (SSSR count). The van der Waals surface area contributed by atoms with Crippen molar-refractivity contribution in [3.8, 4) is 0 Å². The van der Waals surface area contributed by atoms with Gasteiger partial charge in [0.05, 0.1) is 5.75 Å². The minimum absolute atomic E-state index is 0.252. The third kappa shape index (κ3) is 4.26. The summed E-state index contributed by atoms with van der Waals surface area (Å²) >= 11 is 1.93. The molecule has 0 heterocycles. The van der Waals surface area contributed by atoms with Crippen LogP contribution in [0.5, 0.6) is 0 Å². The van der Waals surface area contributed by atoms with Crippen molar-refractivity contribution in [1.29, 1.82) is 0 Å². The Bertz CT molecular complexity index is 295. The molecule has 96 valence electrons. The molecule has 1 N–H and O–H groups in total. The molecule has 0 unspecified atom stereocenters. The molecule has 3 nitrogen and oxygen atoms in total. The van der Waals surface area contributed by atoms with Gasteiger partial charge in [-0.1, -0.05) is 19.8 Å². The van der Waals surface area contributed by atoms with E-state index in [2.05, 4.69) is 11.6 Å². The van der Waals surface area contributed by atoms with Crippen molar-refractivity contribution in [3.63, 3.8) is 0 Å². The first kappa shape index (κ1) is 14.3. The van der Waals surface area contributed by atoms with Crippen LogP contribution in [-0.4, -0.2) is 44.0 Å². The molecule has 1 aliphatic carbocycles. The summed E-state index contributed by atoms with van der Waals surface area (Å²) in [7, 11) is -2.81. The Hall–Kier alpha value is 0.260. The van der Waals surface area contributed by atoms with Gasteiger partial charge in [0.1, 0.15) is 0 Å². The fourth-order valence-electron chi connectivity index (χ4n) is 2.16. The maximum atomic E-state index is 11.3. The molecule has 0 aromatic heterocycles. The van der Waals surface area contributed by atoms with Crippen LogP contribution in [0.4, 0.5) is 0 Å². The van der Waals surface area contributed by atoms with E-state index in [-0.39, 0.29) is 11.5 Å². The maximum absolute atomic E-state index is 11.3. The highest BCUT2D eigenvalue weighted by Gasteiger charge is 2.32. The fourth-order valence-corrected chi connectivity index (χ4v) is 3.85. The summed E-state index contributed by atoms with van der Waals surface area (Å²) in [4.78, 5) is 0. The molecule has 0 aromatic rings. The van der Waals surface area contributed by atoms with Gasteiger partial charge in [-0.15, -0.1) is 0 Å². The van der Waals surface area contributed by atoms with Gasteiger partial charge in [-0.2, -0.15) is 11.8 Å². The third-order valence-corrected chi connectivity index (χ3v) is 6.55. The molecule has 0 radical (unpaired) electrons. The number of hydrogen-bond acceptors (Lipinski definition) is 4. The Morgan fingerprint density at radius 2 is 1.94 bits per heavy atom. The summed E-state index contributed by atoms with van der Waals surface area (Å²) in [5.74, 6) is 0.524. The highest BCUT2D eigenvalue weighted by molar-refractivity contribution is 8.00. The van der Waals surface area contributed by atoms with E-state index < -0.39 is 9.84 Å². The van der Waals surface area contributed by atoms with Gasteiger partial charge in [0.2, 0.25) is 0 Å². The SMILES string of the molecule is CCS(=O)(=O)CCNCC1(SC)CCCC1. The lowest BCUT2D eigenvalue weighted by atomic mass is 10.1. The van der Waals surface area contributed by atoms with Crippen molar-refractivity contribution < 1.29 is 8.42 Å². The van der Waals surface area contributed by atoms with Crippen LogP contribution in [0.15, 0.2) is 0 Å². The van der Waals surface area contributed by atoms with E-state index in [4.69, 9.17) is 0 Å². The van der Waals surface area contributed by atoms with E-state index in [1.807, 2.05) is 11.8 Å². The van der Waals surface area contributed by atoms with E-state index in [9.17, 15) is 8.42 Å². The third-order valence-electron chi connectivity index (χ3n) is 3.42. The zero-order valence-corrected chi connectivity index (χ0v) is 11.9. The summed E-state index contributed by atoms with van der Waals surface area (Å²) < 4.78 is 23.0. The van der Waals surface area contributed by atoms with Crippen molar-refractivity contribution in [2.75, 3.05) is 30.9 Å². The molecule has 5 heteroatoms. The summed E-state index contributed by atoms with van der Waals surface area (Å²) in [5.41, 5.74) is 0. The average molecular weight is 265 g/mol. The van der Waals surface area contributed by atoms with Gasteiger partial charge in [0.25, 0.3) is 0 Å². The molecule has 1 fully saturated rings. The smallest absolute Gasteiger partial charge is 0.151 e. The molecule has 0 bridgehead atoms. The van der Waals surface area contributed by atoms with Crippen LogP contribution in [0.1, 0.15) is 32.6 Å². The van der Waals surface area contributed by atoms with Crippen LogP contribution in [0, 0.1) is 0 Å². The average Bonchev–Trinajstić information content (AvgIpc) is 2.74. The molecule has 0 amide bonds. The van der Waals surface area contributed by atoms with E-state index >= 15 is 0 Å². The molecule has 0 atom stereocenters. The molecule has 1 saturated carbocycles. The van der Waals surface area contributed by atoms with E-state index in [0.29, 0.717) is 11.3 Å². The van der Waals surface area contributed by atoms with Gasteiger partial charge < -0.3 is 5.32 Å². The van der Waals surface area contributed by atoms with Crippen molar-refractivity contribution in [2.45, 2.75) is 37.4 Å². The first-order chi connectivity index (χ1) is 7.54. The summed E-state index contributed by atoms with van der Waals surface area (Å²) in [6.07, 6.45) is 7.32. The zero-order valence-electron chi connectivity index (χ0n) is 10.3. The number of sulfone groups is 1. The van der Waals surface area contributed by atoms with Gasteiger partial charge >= 0.3 is 0 Å². The lowest BCUT2D eigenvalue weighted by Crippen LogP contribution is -2.37. The Kier molecular flexibility index (Phi) is 5.61. The van der Waals surface area contributed by atoms with Crippen molar-refractivity contribution in [2.24, 2.45) is 0 Å². The molecule has 1 aliphatic rings. The Labute approximate surface area is 104 Å². The normalized spacial score (nSPS) is 20.1. The molecule has 0 aromatic carbocycles. The lowest BCUT2D eigenvalue weighted by Gasteiger charge is -2.27. The van der Waals surface area contributed by atoms with E-state index in [1.54, 1.807) is 6.92 Å². The van der Waals surface area contributed by atoms with Crippen LogP contribution in [-0.2, 0) is 9.84 Å². The number of thioether (sulfide) groups is 1. The number of rotatable bonds is 7. The highest BCUT2D eigenvalue weighted by Crippen LogP contribution is 2.39. The highest BCUT2D eigenvalue weighted by atomic mass is 32.2. The van der Waals surface area contributed by atoms with Crippen LogP contribution in [0.3, 0.4) is 0 Å². The summed E-state index contributed by atoms with van der Waals surface area (Å²) in [6, 6.07) is 0. The summed E-state index contributed by atoms with van der Waals surface area (Å²) in [5, 5.41) is 3.31. The standard InChI is InChI=1S/C11H23NO2S2/c1-3-16(13,14)9-8-12-10-11(15-2)6-4-5-7-11/h12H,3-10H2,1-2H3. The molecule has 0 spiro atoms. The predicted molar refractivity (Wildman–Crippen MR) is 71.9 cm³/mol. The first-order valence-corrected chi connectivity index (χ1v) is 9.04. The van der Waals surface area contributed by atoms with Crippen molar-refractivity contribution in [3.05, 3.63) is 0 Å². The molecular formula is C11H23NO2S2. The van der Waals surface area contributed by atoms with Gasteiger partial charge in [-0.25, -0.2) is 8.42 Å². The summed E-state index contributed by atoms with van der Waals surface area (Å²) in [6.45, 7) is 3.25. The minimum Gasteiger partial charge on any atom is -0.314 e. The van der Waals surface area contributed by atoms with Crippen LogP contribution < -0.4 is 5.32 Å². The van der Waals surface area contributed by atoms with Gasteiger partial charge in [0, 0.05) is 23.6 Å². The topological polar surface area (TPSA) is 46.2 Å². The van der Waals surface area contributed by atoms with Crippen LogP contribution in [0.25, 0.3) is 0 Å². The Balaban J connectivity index is 2.24.